The number of rotatable bonds is 6. The number of carbonyl (C=O) groups is 2. The van der Waals surface area contributed by atoms with Gasteiger partial charge in [-0.1, -0.05) is 0 Å². The van der Waals surface area contributed by atoms with E-state index in [1.165, 1.54) is 4.90 Å². The first-order valence-corrected chi connectivity index (χ1v) is 9.69. The van der Waals surface area contributed by atoms with Crippen molar-refractivity contribution in [1.82, 2.24) is 9.88 Å². The molecule has 1 N–H and O–H groups in total. The third-order valence-corrected chi connectivity index (χ3v) is 5.12. The highest BCUT2D eigenvalue weighted by Crippen LogP contribution is 2.40. The summed E-state index contributed by atoms with van der Waals surface area (Å²) in [7, 11) is 1.58. The molecule has 2 aliphatic rings. The number of methoxy groups -OCH3 is 1. The molecule has 156 valence electrons. The number of likely N-dealkylation sites (tertiary alicyclic amines) is 1. The molecular formula is C22H22N2O6. The zero-order chi connectivity index (χ0) is 21.1. The molecule has 1 atom stereocenters. The fourth-order valence-corrected chi connectivity index (χ4v) is 3.73. The number of nitrogens with zero attached hydrogens (tertiary/aromatic N) is 2. The lowest BCUT2D eigenvalue weighted by molar-refractivity contribution is -0.140. The molecule has 1 amide bonds. The summed E-state index contributed by atoms with van der Waals surface area (Å²) in [4.78, 5) is 31.2. The molecule has 0 bridgehead atoms. The standard InChI is InChI=1S/C22H22N2O6/c1-28-10-2-9-24-19(14-5-7-23-8-6-14)18(21(26)22(24)27)20(25)15-3-4-16-17(13-15)30-12-11-29-16/h3-8,13,19,25H,2,9-12H2,1H3/b20-18-. The number of Topliss-reactive ketones (excluding diaryl/α,β-unsaturated/α-hetero) is 1. The van der Waals surface area contributed by atoms with Crippen molar-refractivity contribution in [3.8, 4) is 11.5 Å². The van der Waals surface area contributed by atoms with Crippen LogP contribution in [0.1, 0.15) is 23.6 Å². The van der Waals surface area contributed by atoms with Gasteiger partial charge in [-0.2, -0.15) is 0 Å². The Kier molecular flexibility index (Phi) is 5.67. The van der Waals surface area contributed by atoms with E-state index in [0.29, 0.717) is 55.4 Å². The summed E-state index contributed by atoms with van der Waals surface area (Å²) in [5.41, 5.74) is 1.12. The number of benzene rings is 1. The highest BCUT2D eigenvalue weighted by atomic mass is 16.6. The third kappa shape index (κ3) is 3.61. The molecule has 1 saturated heterocycles. The van der Waals surface area contributed by atoms with Crippen molar-refractivity contribution in [2.45, 2.75) is 12.5 Å². The lowest BCUT2D eigenvalue weighted by atomic mass is 9.95. The molecule has 0 saturated carbocycles. The molecule has 1 aromatic heterocycles. The zero-order valence-corrected chi connectivity index (χ0v) is 16.5. The average Bonchev–Trinajstić information content (AvgIpc) is 3.04. The van der Waals surface area contributed by atoms with Crippen molar-refractivity contribution >= 4 is 17.4 Å². The van der Waals surface area contributed by atoms with Gasteiger partial charge in [0.25, 0.3) is 11.7 Å². The summed E-state index contributed by atoms with van der Waals surface area (Å²) in [6, 6.07) is 7.70. The molecule has 0 spiro atoms. The van der Waals surface area contributed by atoms with Gasteiger partial charge in [-0.3, -0.25) is 14.6 Å². The van der Waals surface area contributed by atoms with Crippen LogP contribution in [0, 0.1) is 0 Å². The third-order valence-electron chi connectivity index (χ3n) is 5.12. The maximum Gasteiger partial charge on any atom is 0.295 e. The van der Waals surface area contributed by atoms with Crippen molar-refractivity contribution < 1.29 is 28.9 Å². The fraction of sp³-hybridized carbons (Fsp3) is 0.318. The second kappa shape index (κ2) is 8.54. The van der Waals surface area contributed by atoms with Crippen LogP contribution in [0.25, 0.3) is 5.76 Å². The van der Waals surface area contributed by atoms with Crippen molar-refractivity contribution in [2.75, 3.05) is 33.5 Å². The summed E-state index contributed by atoms with van der Waals surface area (Å²) in [5.74, 6) is -0.557. The Bertz CT molecular complexity index is 988. The average molecular weight is 410 g/mol. The second-order valence-electron chi connectivity index (χ2n) is 6.98. The van der Waals surface area contributed by atoms with Gasteiger partial charge >= 0.3 is 0 Å². The van der Waals surface area contributed by atoms with Gasteiger partial charge in [0.1, 0.15) is 19.0 Å². The molecular weight excluding hydrogens is 388 g/mol. The van der Waals surface area contributed by atoms with Crippen LogP contribution in [0.3, 0.4) is 0 Å². The van der Waals surface area contributed by atoms with E-state index < -0.39 is 17.7 Å². The highest BCUT2D eigenvalue weighted by Gasteiger charge is 2.45. The van der Waals surface area contributed by atoms with Crippen molar-refractivity contribution in [3.63, 3.8) is 0 Å². The molecule has 8 heteroatoms. The number of fused-ring (bicyclic) bond motifs is 1. The number of hydrogen-bond acceptors (Lipinski definition) is 7. The van der Waals surface area contributed by atoms with Crippen LogP contribution in [-0.2, 0) is 14.3 Å². The molecule has 0 radical (unpaired) electrons. The lowest BCUT2D eigenvalue weighted by Crippen LogP contribution is -2.31. The smallest absolute Gasteiger partial charge is 0.295 e. The maximum atomic E-state index is 12.9. The molecule has 1 aromatic carbocycles. The van der Waals surface area contributed by atoms with Gasteiger partial charge in [-0.15, -0.1) is 0 Å². The SMILES string of the molecule is COCCCN1C(=O)C(=O)/C(=C(\O)c2ccc3c(c2)OCCO3)C1c1ccncc1. The number of pyridine rings is 1. The Balaban J connectivity index is 1.79. The van der Waals surface area contributed by atoms with Gasteiger partial charge in [-0.05, 0) is 42.3 Å². The Morgan fingerprint density at radius 2 is 1.90 bits per heavy atom. The zero-order valence-electron chi connectivity index (χ0n) is 16.5. The van der Waals surface area contributed by atoms with Crippen LogP contribution in [0.15, 0.2) is 48.3 Å². The lowest BCUT2D eigenvalue weighted by Gasteiger charge is -2.25. The number of amides is 1. The monoisotopic (exact) mass is 410 g/mol. The molecule has 1 fully saturated rings. The van der Waals surface area contributed by atoms with E-state index in [-0.39, 0.29) is 11.3 Å². The number of aromatic nitrogens is 1. The van der Waals surface area contributed by atoms with Crippen LogP contribution in [-0.4, -0.2) is 60.2 Å². The van der Waals surface area contributed by atoms with E-state index in [1.807, 2.05) is 0 Å². The van der Waals surface area contributed by atoms with E-state index in [2.05, 4.69) is 4.98 Å². The van der Waals surface area contributed by atoms with Crippen LogP contribution in [0.5, 0.6) is 11.5 Å². The van der Waals surface area contributed by atoms with Crippen molar-refractivity contribution in [2.24, 2.45) is 0 Å². The van der Waals surface area contributed by atoms with Crippen molar-refractivity contribution in [3.05, 3.63) is 59.4 Å². The molecule has 2 aliphatic heterocycles. The summed E-state index contributed by atoms with van der Waals surface area (Å²) < 4.78 is 16.2. The Hall–Kier alpha value is -3.39. The summed E-state index contributed by atoms with van der Waals surface area (Å²) >= 11 is 0. The van der Waals surface area contributed by atoms with Crippen LogP contribution in [0.4, 0.5) is 0 Å². The normalized spacial score (nSPS) is 19.9. The van der Waals surface area contributed by atoms with E-state index in [1.54, 1.807) is 49.8 Å². The topological polar surface area (TPSA) is 98.2 Å². The van der Waals surface area contributed by atoms with Gasteiger partial charge in [0, 0.05) is 38.2 Å². The molecule has 4 rings (SSSR count). The highest BCUT2D eigenvalue weighted by molar-refractivity contribution is 6.46. The van der Waals surface area contributed by atoms with E-state index in [4.69, 9.17) is 14.2 Å². The number of hydrogen-bond donors (Lipinski definition) is 1. The molecule has 1 unspecified atom stereocenters. The first-order valence-electron chi connectivity index (χ1n) is 9.69. The molecule has 8 nitrogen and oxygen atoms in total. The van der Waals surface area contributed by atoms with Gasteiger partial charge in [0.15, 0.2) is 11.5 Å². The predicted octanol–water partition coefficient (Wildman–Crippen LogP) is 2.31. The minimum Gasteiger partial charge on any atom is -0.507 e. The minimum absolute atomic E-state index is 0.0419. The van der Waals surface area contributed by atoms with Gasteiger partial charge in [0.05, 0.1) is 11.6 Å². The number of aliphatic hydroxyl groups excluding tert-OH is 1. The Morgan fingerprint density at radius 3 is 2.63 bits per heavy atom. The molecule has 2 aromatic rings. The Morgan fingerprint density at radius 1 is 1.17 bits per heavy atom. The second-order valence-corrected chi connectivity index (χ2v) is 6.98. The van der Waals surface area contributed by atoms with Gasteiger partial charge in [0.2, 0.25) is 0 Å². The first-order chi connectivity index (χ1) is 14.6. The van der Waals surface area contributed by atoms with Gasteiger partial charge < -0.3 is 24.2 Å². The summed E-state index contributed by atoms with van der Waals surface area (Å²) in [6.07, 6.45) is 3.75. The van der Waals surface area contributed by atoms with Crippen LogP contribution < -0.4 is 9.47 Å². The fourth-order valence-electron chi connectivity index (χ4n) is 3.73. The minimum atomic E-state index is -0.721. The van der Waals surface area contributed by atoms with E-state index in [9.17, 15) is 14.7 Å². The number of ether oxygens (including phenoxy) is 3. The largest absolute Gasteiger partial charge is 0.507 e. The number of aliphatic hydroxyl groups is 1. The number of ketones is 1. The first kappa shape index (κ1) is 19.9. The molecule has 30 heavy (non-hydrogen) atoms. The molecule has 3 heterocycles. The quantitative estimate of drug-likeness (QED) is 0.338. The van der Waals surface area contributed by atoms with Crippen LogP contribution >= 0.6 is 0 Å². The van der Waals surface area contributed by atoms with Crippen LogP contribution in [0.2, 0.25) is 0 Å². The summed E-state index contributed by atoms with van der Waals surface area (Å²) in [5, 5.41) is 11.1. The van der Waals surface area contributed by atoms with E-state index in [0.717, 1.165) is 0 Å². The predicted molar refractivity (Wildman–Crippen MR) is 107 cm³/mol. The van der Waals surface area contributed by atoms with E-state index >= 15 is 0 Å². The Labute approximate surface area is 173 Å². The summed E-state index contributed by atoms with van der Waals surface area (Å²) in [6.45, 7) is 1.63. The van der Waals surface area contributed by atoms with Crippen molar-refractivity contribution in [1.29, 1.82) is 0 Å². The molecule has 0 aliphatic carbocycles. The number of carbonyl (C=O) groups excluding carboxylic acids is 2. The maximum absolute atomic E-state index is 12.9. The van der Waals surface area contributed by atoms with Gasteiger partial charge in [-0.25, -0.2) is 0 Å².